The van der Waals surface area contributed by atoms with Crippen molar-refractivity contribution in [2.45, 2.75) is 27.2 Å². The van der Waals surface area contributed by atoms with Crippen LogP contribution in [0.5, 0.6) is 0 Å². The van der Waals surface area contributed by atoms with Crippen LogP contribution < -0.4 is 4.90 Å². The molecular weight excluding hydrogens is 340 g/mol. The average Bonchev–Trinajstić information content (AvgIpc) is 2.98. The molecule has 1 aromatic heterocycles. The van der Waals surface area contributed by atoms with Gasteiger partial charge in [-0.3, -0.25) is 9.69 Å². The highest BCUT2D eigenvalue weighted by Crippen LogP contribution is 2.31. The van der Waals surface area contributed by atoms with Gasteiger partial charge in [0.15, 0.2) is 29.1 Å². The zero-order valence-electron chi connectivity index (χ0n) is 13.7. The quantitative estimate of drug-likeness (QED) is 0.626. The number of anilines is 1. The fourth-order valence-corrected chi connectivity index (χ4v) is 2.53. The van der Waals surface area contributed by atoms with Gasteiger partial charge in [0.2, 0.25) is 5.91 Å². The lowest BCUT2D eigenvalue weighted by molar-refractivity contribution is -0.116. The van der Waals surface area contributed by atoms with E-state index < -0.39 is 40.4 Å². The summed E-state index contributed by atoms with van der Waals surface area (Å²) in [5.74, 6) is -7.18. The van der Waals surface area contributed by atoms with Crippen molar-refractivity contribution in [3.63, 3.8) is 0 Å². The molecule has 0 aliphatic rings. The molecule has 0 aliphatic carbocycles. The average molecular weight is 354 g/mol. The molecule has 1 heterocycles. The number of carbonyl (C=O) groups excluding carboxylic acids is 1. The predicted octanol–water partition coefficient (Wildman–Crippen LogP) is 3.24. The molecule has 2 rings (SSSR count). The second-order valence-electron chi connectivity index (χ2n) is 5.11. The number of benzene rings is 1. The zero-order valence-corrected chi connectivity index (χ0v) is 13.7. The van der Waals surface area contributed by atoms with E-state index in [0.29, 0.717) is 4.68 Å². The molecule has 0 unspecified atom stereocenters. The van der Waals surface area contributed by atoms with Crippen LogP contribution in [0.4, 0.5) is 23.4 Å². The van der Waals surface area contributed by atoms with Gasteiger partial charge in [0.1, 0.15) is 17.3 Å². The van der Waals surface area contributed by atoms with Gasteiger partial charge >= 0.3 is 0 Å². The van der Waals surface area contributed by atoms with E-state index in [0.717, 1.165) is 11.1 Å². The Bertz CT molecular complexity index is 856. The van der Waals surface area contributed by atoms with Crippen molar-refractivity contribution >= 4 is 11.7 Å². The summed E-state index contributed by atoms with van der Waals surface area (Å²) in [6.45, 7) is 4.14. The van der Waals surface area contributed by atoms with Crippen molar-refractivity contribution in [3.05, 3.63) is 40.6 Å². The first-order valence-corrected chi connectivity index (χ1v) is 7.41. The van der Waals surface area contributed by atoms with Crippen LogP contribution >= 0.6 is 0 Å². The minimum Gasteiger partial charge on any atom is -0.296 e. The lowest BCUT2D eigenvalue weighted by Crippen LogP contribution is -2.31. The van der Waals surface area contributed by atoms with Gasteiger partial charge in [-0.15, -0.1) is 0 Å². The molecular formula is C16H14F4N4O. The highest BCUT2D eigenvalue weighted by Gasteiger charge is 2.30. The number of hydrogen-bond acceptors (Lipinski definition) is 3. The minimum atomic E-state index is -1.65. The maximum atomic E-state index is 14.4. The van der Waals surface area contributed by atoms with E-state index in [1.807, 2.05) is 0 Å². The molecule has 0 aliphatic heterocycles. The van der Waals surface area contributed by atoms with Crippen molar-refractivity contribution in [2.24, 2.45) is 0 Å². The summed E-state index contributed by atoms with van der Waals surface area (Å²) in [6, 6.07) is 1.74. The smallest absolute Gasteiger partial charge is 0.225 e. The van der Waals surface area contributed by atoms with E-state index in [1.165, 1.54) is 13.8 Å². The fraction of sp³-hybridized carbons (Fsp3) is 0.312. The molecule has 0 atom stereocenters. The van der Waals surface area contributed by atoms with Crippen LogP contribution in [-0.4, -0.2) is 22.2 Å². The van der Waals surface area contributed by atoms with Gasteiger partial charge < -0.3 is 0 Å². The molecule has 9 heteroatoms. The monoisotopic (exact) mass is 354 g/mol. The van der Waals surface area contributed by atoms with E-state index in [1.54, 1.807) is 13.0 Å². The van der Waals surface area contributed by atoms with Crippen molar-refractivity contribution in [3.8, 4) is 11.8 Å². The van der Waals surface area contributed by atoms with E-state index in [9.17, 15) is 22.4 Å². The Morgan fingerprint density at radius 2 is 1.76 bits per heavy atom. The third kappa shape index (κ3) is 2.84. The zero-order chi connectivity index (χ0) is 18.9. The molecule has 0 radical (unpaired) electrons. The number of rotatable bonds is 4. The van der Waals surface area contributed by atoms with Crippen LogP contribution in [0, 0.1) is 34.6 Å². The third-order valence-corrected chi connectivity index (χ3v) is 3.71. The third-order valence-electron chi connectivity index (χ3n) is 3.71. The Hall–Kier alpha value is -2.89. The number of aromatic nitrogens is 2. The number of carbonyl (C=O) groups is 1. The standard InChI is InChI=1S/C16H14F4N4O/c1-4-10-11(17)13(19)15(14(20)12(10)18)24-16(9(6-21)7-22-24)23(5-2)8(3)25/h7H,4-5H2,1-3H3. The van der Waals surface area contributed by atoms with E-state index in [4.69, 9.17) is 5.26 Å². The molecule has 5 nitrogen and oxygen atoms in total. The highest BCUT2D eigenvalue weighted by atomic mass is 19.2. The molecule has 0 saturated carbocycles. The molecule has 2 aromatic rings. The van der Waals surface area contributed by atoms with E-state index in [2.05, 4.69) is 5.10 Å². The van der Waals surface area contributed by atoms with Crippen molar-refractivity contribution in [1.82, 2.24) is 9.78 Å². The lowest BCUT2D eigenvalue weighted by atomic mass is 10.1. The first-order valence-electron chi connectivity index (χ1n) is 7.41. The summed E-state index contributed by atoms with van der Waals surface area (Å²) in [4.78, 5) is 12.8. The maximum absolute atomic E-state index is 14.4. The Kier molecular flexibility index (Phi) is 5.11. The Balaban J connectivity index is 2.88. The van der Waals surface area contributed by atoms with Gasteiger partial charge in [0.25, 0.3) is 0 Å². The summed E-state index contributed by atoms with van der Waals surface area (Å²) in [6.07, 6.45) is 0.707. The number of hydrogen-bond donors (Lipinski definition) is 0. The molecule has 0 N–H and O–H groups in total. The molecule has 0 fully saturated rings. The number of halogens is 4. The molecule has 0 spiro atoms. The molecule has 1 amide bonds. The number of nitriles is 1. The highest BCUT2D eigenvalue weighted by molar-refractivity contribution is 5.92. The van der Waals surface area contributed by atoms with Crippen LogP contribution in [0.2, 0.25) is 0 Å². The number of nitrogens with zero attached hydrogens (tertiary/aromatic N) is 4. The summed E-state index contributed by atoms with van der Waals surface area (Å²) in [5, 5.41) is 12.8. The second-order valence-corrected chi connectivity index (χ2v) is 5.11. The summed E-state index contributed by atoms with van der Waals surface area (Å²) < 4.78 is 57.5. The van der Waals surface area contributed by atoms with Crippen LogP contribution in [0.3, 0.4) is 0 Å². The topological polar surface area (TPSA) is 61.9 Å². The Labute approximate surface area is 141 Å². The molecule has 25 heavy (non-hydrogen) atoms. The van der Waals surface area contributed by atoms with Gasteiger partial charge in [-0.25, -0.2) is 22.2 Å². The molecule has 0 bridgehead atoms. The van der Waals surface area contributed by atoms with Gasteiger partial charge in [-0.2, -0.15) is 10.4 Å². The van der Waals surface area contributed by atoms with Crippen molar-refractivity contribution in [2.75, 3.05) is 11.4 Å². The maximum Gasteiger partial charge on any atom is 0.225 e. The summed E-state index contributed by atoms with van der Waals surface area (Å²) >= 11 is 0. The molecule has 0 saturated heterocycles. The van der Waals surface area contributed by atoms with E-state index >= 15 is 0 Å². The Morgan fingerprint density at radius 3 is 2.16 bits per heavy atom. The van der Waals surface area contributed by atoms with Gasteiger partial charge in [-0.1, -0.05) is 6.92 Å². The minimum absolute atomic E-state index is 0.0525. The van der Waals surface area contributed by atoms with Gasteiger partial charge in [-0.05, 0) is 13.3 Å². The van der Waals surface area contributed by atoms with E-state index in [-0.39, 0.29) is 24.3 Å². The number of amides is 1. The van der Waals surface area contributed by atoms with Gasteiger partial charge in [0, 0.05) is 19.0 Å². The largest absolute Gasteiger partial charge is 0.296 e. The fourth-order valence-electron chi connectivity index (χ4n) is 2.53. The van der Waals surface area contributed by atoms with Crippen molar-refractivity contribution < 1.29 is 22.4 Å². The summed E-state index contributed by atoms with van der Waals surface area (Å²) in [7, 11) is 0. The predicted molar refractivity (Wildman–Crippen MR) is 81.2 cm³/mol. The Morgan fingerprint density at radius 1 is 1.20 bits per heavy atom. The summed E-state index contributed by atoms with van der Waals surface area (Å²) in [5.41, 5.74) is -2.02. The van der Waals surface area contributed by atoms with Crippen LogP contribution in [0.25, 0.3) is 5.69 Å². The van der Waals surface area contributed by atoms with Crippen LogP contribution in [-0.2, 0) is 11.2 Å². The first kappa shape index (κ1) is 18.4. The molecule has 1 aromatic carbocycles. The van der Waals surface area contributed by atoms with Crippen LogP contribution in [0.1, 0.15) is 31.9 Å². The lowest BCUT2D eigenvalue weighted by Gasteiger charge is -2.21. The van der Waals surface area contributed by atoms with Crippen molar-refractivity contribution in [1.29, 1.82) is 5.26 Å². The first-order chi connectivity index (χ1) is 11.8. The normalized spacial score (nSPS) is 10.6. The van der Waals surface area contributed by atoms with Crippen LogP contribution in [0.15, 0.2) is 6.20 Å². The SMILES string of the molecule is CCc1c(F)c(F)c(-n2ncc(C#N)c2N(CC)C(C)=O)c(F)c1F. The molecule has 132 valence electrons. The second kappa shape index (κ2) is 6.93. The van der Waals surface area contributed by atoms with Gasteiger partial charge in [0.05, 0.1) is 6.20 Å².